The Morgan fingerprint density at radius 1 is 0.974 bits per heavy atom. The minimum atomic E-state index is -2.74. The molecule has 0 unspecified atom stereocenters. The number of likely N-dealkylation sites (tertiary alicyclic amines) is 1. The molecule has 3 rings (SSSR count). The van der Waals surface area contributed by atoms with Crippen LogP contribution < -0.4 is 4.74 Å². The summed E-state index contributed by atoms with van der Waals surface area (Å²) >= 11 is 0. The smallest absolute Gasteiger partial charge is 0.336 e. The SMILES string of the molecule is CN(CCN1CCCCC1)Cc1ccccc1OCc1ccccn1.O=C(O)CC(O)(CC(=O)O)C(=O)O. The van der Waals surface area contributed by atoms with Gasteiger partial charge in [0.25, 0.3) is 0 Å². The van der Waals surface area contributed by atoms with Gasteiger partial charge < -0.3 is 35.0 Å². The molecule has 0 amide bonds. The van der Waals surface area contributed by atoms with Crippen molar-refractivity contribution < 1.29 is 39.5 Å². The Morgan fingerprint density at radius 2 is 1.61 bits per heavy atom. The van der Waals surface area contributed by atoms with Crippen LogP contribution in [0.5, 0.6) is 5.75 Å². The van der Waals surface area contributed by atoms with Gasteiger partial charge in [0, 0.05) is 31.4 Å². The molecule has 0 spiro atoms. The van der Waals surface area contributed by atoms with Crippen molar-refractivity contribution in [3.8, 4) is 5.75 Å². The van der Waals surface area contributed by atoms with E-state index in [0.29, 0.717) is 6.61 Å². The zero-order chi connectivity index (χ0) is 28.0. The summed E-state index contributed by atoms with van der Waals surface area (Å²) in [6.07, 6.45) is 3.62. The third-order valence-corrected chi connectivity index (χ3v) is 6.05. The average molecular weight is 532 g/mol. The van der Waals surface area contributed by atoms with Crippen LogP contribution in [0.1, 0.15) is 43.4 Å². The van der Waals surface area contributed by atoms with Gasteiger partial charge in [-0.3, -0.25) is 14.6 Å². The molecule has 1 saturated heterocycles. The highest BCUT2D eigenvalue weighted by Crippen LogP contribution is 2.21. The Labute approximate surface area is 222 Å². The lowest BCUT2D eigenvalue weighted by atomic mass is 9.96. The van der Waals surface area contributed by atoms with Crippen molar-refractivity contribution in [1.29, 1.82) is 0 Å². The van der Waals surface area contributed by atoms with Gasteiger partial charge in [0.1, 0.15) is 12.4 Å². The van der Waals surface area contributed by atoms with Gasteiger partial charge in [0.2, 0.25) is 0 Å². The Bertz CT molecular complexity index is 1010. The minimum Gasteiger partial charge on any atom is -0.487 e. The number of rotatable bonds is 13. The molecule has 4 N–H and O–H groups in total. The number of hydrogen-bond acceptors (Lipinski definition) is 8. The number of ether oxygens (including phenoxy) is 1. The Kier molecular flexibility index (Phi) is 12.6. The van der Waals surface area contributed by atoms with Crippen LogP contribution in [0, 0.1) is 0 Å². The molecule has 11 heteroatoms. The van der Waals surface area contributed by atoms with E-state index in [4.69, 9.17) is 25.2 Å². The number of likely N-dealkylation sites (N-methyl/N-ethyl adjacent to an activating group) is 1. The Balaban J connectivity index is 0.000000332. The molecule has 1 aromatic heterocycles. The number of nitrogens with zero attached hydrogens (tertiary/aromatic N) is 3. The van der Waals surface area contributed by atoms with Crippen molar-refractivity contribution >= 4 is 17.9 Å². The maximum absolute atomic E-state index is 10.3. The number of piperidine rings is 1. The number of aliphatic carboxylic acids is 3. The van der Waals surface area contributed by atoms with Crippen LogP contribution >= 0.6 is 0 Å². The zero-order valence-electron chi connectivity index (χ0n) is 21.7. The van der Waals surface area contributed by atoms with Crippen molar-refractivity contribution in [3.63, 3.8) is 0 Å². The summed E-state index contributed by atoms with van der Waals surface area (Å²) in [5.41, 5.74) is -0.548. The highest BCUT2D eigenvalue weighted by molar-refractivity contribution is 5.88. The predicted molar refractivity (Wildman–Crippen MR) is 139 cm³/mol. The van der Waals surface area contributed by atoms with Gasteiger partial charge in [-0.15, -0.1) is 0 Å². The molecule has 208 valence electrons. The van der Waals surface area contributed by atoms with Crippen molar-refractivity contribution in [2.45, 2.75) is 50.9 Å². The van der Waals surface area contributed by atoms with Gasteiger partial charge in [-0.1, -0.05) is 30.7 Å². The molecule has 1 aliphatic heterocycles. The standard InChI is InChI=1S/C21H29N3O.C6H8O7/c1-23(15-16-24-13-7-2-8-14-24)17-19-9-3-4-11-21(19)25-18-20-10-5-6-12-22-20;7-3(8)1-6(13,5(11)12)2-4(9)10/h3-6,9-12H,2,7-8,13-18H2,1H3;13H,1-2H2,(H,7,8)(H,9,10)(H,11,12). The van der Waals surface area contributed by atoms with E-state index in [-0.39, 0.29) is 0 Å². The summed E-state index contributed by atoms with van der Waals surface area (Å²) in [4.78, 5) is 39.8. The van der Waals surface area contributed by atoms with Crippen LogP contribution in [0.15, 0.2) is 48.7 Å². The van der Waals surface area contributed by atoms with Gasteiger partial charge in [0.05, 0.1) is 18.5 Å². The molecular formula is C27H37N3O8. The molecule has 1 aromatic carbocycles. The lowest BCUT2D eigenvalue weighted by molar-refractivity contribution is -0.170. The highest BCUT2D eigenvalue weighted by atomic mass is 16.5. The molecule has 0 atom stereocenters. The number of carboxylic acids is 3. The molecule has 2 heterocycles. The number of benzene rings is 1. The van der Waals surface area contributed by atoms with E-state index in [9.17, 15) is 14.4 Å². The van der Waals surface area contributed by atoms with Crippen LogP contribution in [0.2, 0.25) is 0 Å². The fourth-order valence-corrected chi connectivity index (χ4v) is 3.99. The van der Waals surface area contributed by atoms with Crippen LogP contribution in [0.3, 0.4) is 0 Å². The molecule has 38 heavy (non-hydrogen) atoms. The fourth-order valence-electron chi connectivity index (χ4n) is 3.99. The van der Waals surface area contributed by atoms with E-state index in [1.807, 2.05) is 24.3 Å². The lowest BCUT2D eigenvalue weighted by Crippen LogP contribution is -2.42. The summed E-state index contributed by atoms with van der Waals surface area (Å²) in [6, 6.07) is 14.2. The Morgan fingerprint density at radius 3 is 2.18 bits per heavy atom. The van der Waals surface area contributed by atoms with E-state index in [0.717, 1.165) is 31.1 Å². The number of carboxylic acid groups (broad SMARTS) is 3. The third kappa shape index (κ3) is 11.2. The second-order valence-electron chi connectivity index (χ2n) is 9.34. The maximum atomic E-state index is 10.3. The summed E-state index contributed by atoms with van der Waals surface area (Å²) in [5.74, 6) is -4.06. The molecule has 0 saturated carbocycles. The van der Waals surface area contributed by atoms with Gasteiger partial charge in [-0.05, 0) is 51.2 Å². The highest BCUT2D eigenvalue weighted by Gasteiger charge is 2.40. The maximum Gasteiger partial charge on any atom is 0.336 e. The fraction of sp³-hybridized carbons (Fsp3) is 0.481. The van der Waals surface area contributed by atoms with Crippen LogP contribution in [0.25, 0.3) is 0 Å². The molecule has 0 radical (unpaired) electrons. The monoisotopic (exact) mass is 531 g/mol. The molecular weight excluding hydrogens is 494 g/mol. The number of carbonyl (C=O) groups is 3. The topological polar surface area (TPSA) is 161 Å². The summed E-state index contributed by atoms with van der Waals surface area (Å²) in [7, 11) is 2.19. The molecule has 0 aliphatic carbocycles. The molecule has 1 aliphatic rings. The second kappa shape index (κ2) is 15.7. The molecule has 11 nitrogen and oxygen atoms in total. The van der Waals surface area contributed by atoms with Gasteiger partial charge in [-0.2, -0.15) is 0 Å². The van der Waals surface area contributed by atoms with Gasteiger partial charge in [-0.25, -0.2) is 4.79 Å². The van der Waals surface area contributed by atoms with E-state index in [1.54, 1.807) is 6.20 Å². The van der Waals surface area contributed by atoms with Crippen molar-refractivity contribution in [2.75, 3.05) is 33.2 Å². The number of hydrogen-bond donors (Lipinski definition) is 4. The van der Waals surface area contributed by atoms with Gasteiger partial charge in [0.15, 0.2) is 5.60 Å². The normalized spacial score (nSPS) is 13.9. The first kappa shape index (κ1) is 30.7. The van der Waals surface area contributed by atoms with Gasteiger partial charge >= 0.3 is 17.9 Å². The summed E-state index contributed by atoms with van der Waals surface area (Å²) in [6.45, 7) is 6.19. The summed E-state index contributed by atoms with van der Waals surface area (Å²) < 4.78 is 6.02. The largest absolute Gasteiger partial charge is 0.487 e. The van der Waals surface area contributed by atoms with E-state index >= 15 is 0 Å². The number of aromatic nitrogens is 1. The van der Waals surface area contributed by atoms with E-state index in [1.165, 1.54) is 37.9 Å². The number of aliphatic hydroxyl groups is 1. The van der Waals surface area contributed by atoms with Crippen molar-refractivity contribution in [1.82, 2.24) is 14.8 Å². The first-order valence-corrected chi connectivity index (χ1v) is 12.5. The first-order chi connectivity index (χ1) is 18.1. The quantitative estimate of drug-likeness (QED) is 0.300. The number of pyridine rings is 1. The molecule has 1 fully saturated rings. The van der Waals surface area contributed by atoms with Crippen LogP contribution in [-0.2, 0) is 27.5 Å². The van der Waals surface area contributed by atoms with E-state index < -0.39 is 36.4 Å². The second-order valence-corrected chi connectivity index (χ2v) is 9.34. The third-order valence-electron chi connectivity index (χ3n) is 6.05. The molecule has 2 aromatic rings. The molecule has 0 bridgehead atoms. The predicted octanol–water partition coefficient (Wildman–Crippen LogP) is 2.33. The minimum absolute atomic E-state index is 0.509. The lowest BCUT2D eigenvalue weighted by Gasteiger charge is -2.28. The van der Waals surface area contributed by atoms with E-state index in [2.05, 4.69) is 40.0 Å². The number of para-hydroxylation sites is 1. The van der Waals surface area contributed by atoms with Crippen LogP contribution in [0.4, 0.5) is 0 Å². The van der Waals surface area contributed by atoms with Crippen LogP contribution in [-0.4, -0.2) is 91.9 Å². The van der Waals surface area contributed by atoms with Crippen molar-refractivity contribution in [3.05, 3.63) is 59.9 Å². The van der Waals surface area contributed by atoms with Crippen molar-refractivity contribution in [2.24, 2.45) is 0 Å². The Hall–Kier alpha value is -3.54. The average Bonchev–Trinajstić information content (AvgIpc) is 2.87. The summed E-state index contributed by atoms with van der Waals surface area (Å²) in [5, 5.41) is 33.8. The zero-order valence-corrected chi connectivity index (χ0v) is 21.7. The first-order valence-electron chi connectivity index (χ1n) is 12.5.